The third-order valence-electron chi connectivity index (χ3n) is 5.57. The van der Waals surface area contributed by atoms with E-state index in [4.69, 9.17) is 22.1 Å². The van der Waals surface area contributed by atoms with Crippen LogP contribution in [0.2, 0.25) is 0 Å². The summed E-state index contributed by atoms with van der Waals surface area (Å²) in [5.41, 5.74) is 4.68. The lowest BCUT2D eigenvalue weighted by molar-refractivity contribution is -0.122. The van der Waals surface area contributed by atoms with Crippen molar-refractivity contribution in [3.05, 3.63) is 70.8 Å². The number of carbonyl (C=O) groups is 1. The number of thiocarbonyl (C=S) groups is 1. The first kappa shape index (κ1) is 24.2. The maximum absolute atomic E-state index is 13.0. The molecule has 1 aromatic heterocycles. The van der Waals surface area contributed by atoms with E-state index >= 15 is 0 Å². The number of thioether (sulfide) groups is 1. The monoisotopic (exact) mass is 491 g/mol. The highest BCUT2D eigenvalue weighted by molar-refractivity contribution is 8.26. The van der Waals surface area contributed by atoms with E-state index in [1.807, 2.05) is 66.3 Å². The average Bonchev–Trinajstić information content (AvgIpc) is 3.37. The second-order valence-corrected chi connectivity index (χ2v) is 9.90. The van der Waals surface area contributed by atoms with Crippen LogP contribution in [0.4, 0.5) is 0 Å². The van der Waals surface area contributed by atoms with Crippen LogP contribution in [0, 0.1) is 6.92 Å². The second kappa shape index (κ2) is 11.0. The summed E-state index contributed by atoms with van der Waals surface area (Å²) in [5, 5.41) is 4.90. The van der Waals surface area contributed by atoms with Crippen molar-refractivity contribution in [2.45, 2.75) is 40.0 Å². The van der Waals surface area contributed by atoms with Gasteiger partial charge >= 0.3 is 0 Å². The standard InChI is InChI=1S/C27H29N3O2S2/c1-4-6-15-32-23-13-12-20(16-19(23)3)25-21(18-30(28-25)22-10-8-7-9-11-22)17-24-26(31)29(14-5-2)27(33)34-24/h7-13,16-18H,4-6,14-15H2,1-3H3/b24-17-. The largest absolute Gasteiger partial charge is 0.493 e. The minimum atomic E-state index is -0.0360. The lowest BCUT2D eigenvalue weighted by Gasteiger charge is -2.12. The van der Waals surface area contributed by atoms with Crippen LogP contribution in [0.5, 0.6) is 5.75 Å². The Morgan fingerprint density at radius 1 is 1.12 bits per heavy atom. The number of aromatic nitrogens is 2. The molecule has 34 heavy (non-hydrogen) atoms. The predicted octanol–water partition coefficient (Wildman–Crippen LogP) is 6.64. The van der Waals surface area contributed by atoms with Crippen LogP contribution in [-0.4, -0.2) is 38.1 Å². The van der Waals surface area contributed by atoms with E-state index < -0.39 is 0 Å². The van der Waals surface area contributed by atoms with E-state index in [0.717, 1.165) is 53.1 Å². The van der Waals surface area contributed by atoms with E-state index in [1.54, 1.807) is 4.90 Å². The number of carbonyl (C=O) groups excluding carboxylic acids is 1. The van der Waals surface area contributed by atoms with Crippen molar-refractivity contribution in [3.63, 3.8) is 0 Å². The topological polar surface area (TPSA) is 47.4 Å². The molecule has 0 bridgehead atoms. The van der Waals surface area contributed by atoms with Crippen molar-refractivity contribution >= 4 is 40.3 Å². The zero-order valence-corrected chi connectivity index (χ0v) is 21.4. The molecule has 1 amide bonds. The molecule has 2 aromatic carbocycles. The van der Waals surface area contributed by atoms with Crippen molar-refractivity contribution in [2.75, 3.05) is 13.2 Å². The van der Waals surface area contributed by atoms with Gasteiger partial charge < -0.3 is 4.74 Å². The molecule has 3 aromatic rings. The van der Waals surface area contributed by atoms with Crippen molar-refractivity contribution in [1.82, 2.24) is 14.7 Å². The van der Waals surface area contributed by atoms with Crippen LogP contribution in [0.3, 0.4) is 0 Å². The van der Waals surface area contributed by atoms with Gasteiger partial charge in [-0.1, -0.05) is 62.4 Å². The summed E-state index contributed by atoms with van der Waals surface area (Å²) in [6, 6.07) is 16.1. The first-order valence-electron chi connectivity index (χ1n) is 11.7. The lowest BCUT2D eigenvalue weighted by atomic mass is 10.0. The minimum absolute atomic E-state index is 0.0360. The summed E-state index contributed by atoms with van der Waals surface area (Å²) in [6.45, 7) is 7.59. The molecule has 0 saturated carbocycles. The summed E-state index contributed by atoms with van der Waals surface area (Å²) in [7, 11) is 0. The molecule has 0 radical (unpaired) electrons. The molecular formula is C27H29N3O2S2. The van der Waals surface area contributed by atoms with E-state index in [9.17, 15) is 4.79 Å². The molecule has 0 spiro atoms. The maximum atomic E-state index is 13.0. The minimum Gasteiger partial charge on any atom is -0.493 e. The third kappa shape index (κ3) is 5.26. The van der Waals surface area contributed by atoms with Crippen molar-refractivity contribution in [3.8, 4) is 22.7 Å². The van der Waals surface area contributed by atoms with Crippen LogP contribution in [0.1, 0.15) is 44.2 Å². The summed E-state index contributed by atoms with van der Waals surface area (Å²) in [4.78, 5) is 15.3. The molecule has 0 atom stereocenters. The number of rotatable bonds is 9. The van der Waals surface area contributed by atoms with E-state index in [0.29, 0.717) is 22.4 Å². The highest BCUT2D eigenvalue weighted by Crippen LogP contribution is 2.35. The molecule has 0 aliphatic carbocycles. The molecule has 1 aliphatic heterocycles. The van der Waals surface area contributed by atoms with Crippen LogP contribution in [-0.2, 0) is 4.79 Å². The van der Waals surface area contributed by atoms with E-state index in [-0.39, 0.29) is 5.91 Å². The van der Waals surface area contributed by atoms with Crippen molar-refractivity contribution < 1.29 is 9.53 Å². The fourth-order valence-corrected chi connectivity index (χ4v) is 5.07. The number of para-hydroxylation sites is 1. The van der Waals surface area contributed by atoms with Crippen molar-refractivity contribution in [2.24, 2.45) is 0 Å². The quantitative estimate of drug-likeness (QED) is 0.191. The average molecular weight is 492 g/mol. The van der Waals surface area contributed by atoms with Crippen molar-refractivity contribution in [1.29, 1.82) is 0 Å². The molecule has 5 nitrogen and oxygen atoms in total. The number of nitrogens with zero attached hydrogens (tertiary/aromatic N) is 3. The summed E-state index contributed by atoms with van der Waals surface area (Å²) in [6.07, 6.45) is 6.88. The number of hydrogen-bond acceptors (Lipinski definition) is 5. The lowest BCUT2D eigenvalue weighted by Crippen LogP contribution is -2.28. The molecular weight excluding hydrogens is 462 g/mol. The first-order valence-corrected chi connectivity index (χ1v) is 12.9. The number of amides is 1. The molecule has 1 aliphatic rings. The van der Waals surface area contributed by atoms with Crippen LogP contribution in [0.25, 0.3) is 23.0 Å². The van der Waals surface area contributed by atoms with Gasteiger partial charge in [0.05, 0.1) is 17.2 Å². The molecule has 1 fully saturated rings. The zero-order valence-electron chi connectivity index (χ0n) is 19.8. The Morgan fingerprint density at radius 2 is 1.91 bits per heavy atom. The second-order valence-electron chi connectivity index (χ2n) is 8.23. The molecule has 7 heteroatoms. The van der Waals surface area contributed by atoms with E-state index in [1.165, 1.54) is 11.8 Å². The summed E-state index contributed by atoms with van der Waals surface area (Å²) in [5.74, 6) is 0.854. The van der Waals surface area contributed by atoms with E-state index in [2.05, 4.69) is 19.9 Å². The normalized spacial score (nSPS) is 14.9. The van der Waals surface area contributed by atoms with Gasteiger partial charge in [-0.15, -0.1) is 0 Å². The highest BCUT2D eigenvalue weighted by atomic mass is 32.2. The molecule has 1 saturated heterocycles. The maximum Gasteiger partial charge on any atom is 0.266 e. The summed E-state index contributed by atoms with van der Waals surface area (Å²) < 4.78 is 8.40. The van der Waals surface area contributed by atoms with Crippen LogP contribution >= 0.6 is 24.0 Å². The molecule has 176 valence electrons. The Kier molecular flexibility index (Phi) is 7.85. The van der Waals surface area contributed by atoms with Gasteiger partial charge in [-0.25, -0.2) is 4.68 Å². The van der Waals surface area contributed by atoms with Gasteiger partial charge in [-0.2, -0.15) is 5.10 Å². The Balaban J connectivity index is 1.74. The number of aryl methyl sites for hydroxylation is 1. The number of benzene rings is 2. The molecule has 0 unspecified atom stereocenters. The fraction of sp³-hybridized carbons (Fsp3) is 0.296. The fourth-order valence-electron chi connectivity index (χ4n) is 3.77. The predicted molar refractivity (Wildman–Crippen MR) is 144 cm³/mol. The van der Waals surface area contributed by atoms with Gasteiger partial charge in [-0.3, -0.25) is 9.69 Å². The number of ether oxygens (including phenoxy) is 1. The Hall–Kier alpha value is -2.90. The SMILES string of the molecule is CCCCOc1ccc(-c2nn(-c3ccccc3)cc2/C=C2\SC(=S)N(CCC)C2=O)cc1C. The summed E-state index contributed by atoms with van der Waals surface area (Å²) >= 11 is 6.81. The van der Waals surface area contributed by atoms with Gasteiger partial charge in [0.1, 0.15) is 15.8 Å². The van der Waals surface area contributed by atoms with Gasteiger partial charge in [0.25, 0.3) is 5.91 Å². The van der Waals surface area contributed by atoms with Crippen LogP contribution in [0.15, 0.2) is 59.6 Å². The van der Waals surface area contributed by atoms with Gasteiger partial charge in [0, 0.05) is 23.9 Å². The molecule has 2 heterocycles. The zero-order chi connectivity index (χ0) is 24.1. The molecule has 0 N–H and O–H groups in total. The molecule has 4 rings (SSSR count). The first-order chi connectivity index (χ1) is 16.5. The Labute approximate surface area is 210 Å². The third-order valence-corrected chi connectivity index (χ3v) is 6.95. The van der Waals surface area contributed by atoms with Gasteiger partial charge in [0.15, 0.2) is 0 Å². The van der Waals surface area contributed by atoms with Gasteiger partial charge in [-0.05, 0) is 61.7 Å². The Morgan fingerprint density at radius 3 is 2.62 bits per heavy atom. The van der Waals surface area contributed by atoms with Crippen LogP contribution < -0.4 is 4.74 Å². The number of unbranched alkanes of at least 4 members (excludes halogenated alkanes) is 1. The highest BCUT2D eigenvalue weighted by Gasteiger charge is 2.31. The van der Waals surface area contributed by atoms with Gasteiger partial charge in [0.2, 0.25) is 0 Å². The smallest absolute Gasteiger partial charge is 0.266 e. The Bertz CT molecular complexity index is 1220. The number of hydrogen-bond donors (Lipinski definition) is 0.